The van der Waals surface area contributed by atoms with E-state index in [-0.39, 0.29) is 11.8 Å². The minimum Gasteiger partial charge on any atom is -0.326 e. The summed E-state index contributed by atoms with van der Waals surface area (Å²) in [5, 5.41) is 6.70. The maximum absolute atomic E-state index is 12.4. The van der Waals surface area contributed by atoms with Gasteiger partial charge in [0.2, 0.25) is 5.91 Å². The van der Waals surface area contributed by atoms with Crippen LogP contribution in [0.2, 0.25) is 0 Å². The molecule has 0 unspecified atom stereocenters. The largest absolute Gasteiger partial charge is 0.326 e. The second-order valence-corrected chi connectivity index (χ2v) is 5.61. The maximum atomic E-state index is 12.4. The Hall–Kier alpha value is -3.67. The highest BCUT2D eigenvalue weighted by Crippen LogP contribution is 2.14. The molecule has 2 aromatic carbocycles. The summed E-state index contributed by atoms with van der Waals surface area (Å²) in [7, 11) is 0. The smallest absolute Gasteiger partial charge is 0.273 e. The topological polar surface area (TPSA) is 75.5 Å². The van der Waals surface area contributed by atoms with E-state index in [9.17, 15) is 9.59 Å². The van der Waals surface area contributed by atoms with Gasteiger partial charge in [-0.15, -0.1) is 0 Å². The molecular formula is C20H18N4O2. The van der Waals surface area contributed by atoms with Crippen LogP contribution in [0.25, 0.3) is 5.69 Å². The summed E-state index contributed by atoms with van der Waals surface area (Å²) in [5.74, 6) is -0.416. The minimum atomic E-state index is -0.291. The molecule has 6 heteroatoms. The predicted octanol–water partition coefficient (Wildman–Crippen LogP) is 3.20. The summed E-state index contributed by atoms with van der Waals surface area (Å²) in [4.78, 5) is 23.4. The van der Waals surface area contributed by atoms with Gasteiger partial charge in [-0.3, -0.25) is 9.59 Å². The van der Waals surface area contributed by atoms with E-state index >= 15 is 0 Å². The van der Waals surface area contributed by atoms with E-state index in [0.717, 1.165) is 11.3 Å². The first-order valence-corrected chi connectivity index (χ1v) is 8.07. The van der Waals surface area contributed by atoms with Gasteiger partial charge in [-0.05, 0) is 42.0 Å². The van der Waals surface area contributed by atoms with E-state index in [4.69, 9.17) is 0 Å². The first-order chi connectivity index (χ1) is 12.6. The summed E-state index contributed by atoms with van der Waals surface area (Å²) >= 11 is 0. The molecule has 26 heavy (non-hydrogen) atoms. The Labute approximate surface area is 151 Å². The van der Waals surface area contributed by atoms with Crippen LogP contribution in [-0.2, 0) is 4.79 Å². The molecule has 0 spiro atoms. The van der Waals surface area contributed by atoms with Crippen molar-refractivity contribution in [2.75, 3.05) is 5.32 Å². The van der Waals surface area contributed by atoms with Crippen LogP contribution in [0.15, 0.2) is 78.2 Å². The minimum absolute atomic E-state index is 0.125. The highest BCUT2D eigenvalue weighted by molar-refractivity contribution is 5.98. The fourth-order valence-electron chi connectivity index (χ4n) is 2.47. The Balaban J connectivity index is 1.68. The van der Waals surface area contributed by atoms with Gasteiger partial charge in [0.05, 0.1) is 17.5 Å². The molecule has 130 valence electrons. The van der Waals surface area contributed by atoms with Gasteiger partial charge in [-0.25, -0.2) is 5.43 Å². The van der Waals surface area contributed by atoms with Crippen LogP contribution >= 0.6 is 0 Å². The monoisotopic (exact) mass is 346 g/mol. The zero-order valence-electron chi connectivity index (χ0n) is 14.2. The van der Waals surface area contributed by atoms with E-state index in [1.807, 2.05) is 47.3 Å². The van der Waals surface area contributed by atoms with Crippen molar-refractivity contribution in [2.45, 2.75) is 6.92 Å². The lowest BCUT2D eigenvalue weighted by Gasteiger charge is -2.09. The van der Waals surface area contributed by atoms with Gasteiger partial charge >= 0.3 is 0 Å². The van der Waals surface area contributed by atoms with Crippen LogP contribution in [0.3, 0.4) is 0 Å². The molecule has 2 N–H and O–H groups in total. The van der Waals surface area contributed by atoms with E-state index in [0.29, 0.717) is 11.3 Å². The Morgan fingerprint density at radius 2 is 1.65 bits per heavy atom. The molecule has 0 aliphatic rings. The summed E-state index contributed by atoms with van der Waals surface area (Å²) in [6.07, 6.45) is 5.31. The zero-order valence-corrected chi connectivity index (χ0v) is 14.2. The first kappa shape index (κ1) is 17.2. The van der Waals surface area contributed by atoms with Gasteiger partial charge in [-0.2, -0.15) is 5.10 Å². The quantitative estimate of drug-likeness (QED) is 0.550. The maximum Gasteiger partial charge on any atom is 0.273 e. The number of hydrogen-bond acceptors (Lipinski definition) is 3. The number of amides is 2. The molecule has 0 bridgehead atoms. The molecule has 0 radical (unpaired) electrons. The highest BCUT2D eigenvalue weighted by Gasteiger charge is 2.10. The van der Waals surface area contributed by atoms with Crippen LogP contribution in [-0.4, -0.2) is 22.6 Å². The van der Waals surface area contributed by atoms with Crippen LogP contribution in [0.1, 0.15) is 22.8 Å². The first-order valence-electron chi connectivity index (χ1n) is 8.07. The highest BCUT2D eigenvalue weighted by atomic mass is 16.2. The normalized spacial score (nSPS) is 10.7. The third-order valence-electron chi connectivity index (χ3n) is 3.64. The molecule has 1 heterocycles. The van der Waals surface area contributed by atoms with Crippen molar-refractivity contribution in [3.8, 4) is 5.69 Å². The van der Waals surface area contributed by atoms with Crippen LogP contribution in [0.4, 0.5) is 5.69 Å². The van der Waals surface area contributed by atoms with Gasteiger partial charge < -0.3 is 9.88 Å². The molecule has 3 rings (SSSR count). The number of carbonyl (C=O) groups is 2. The number of benzene rings is 2. The fraction of sp³-hybridized carbons (Fsp3) is 0.0500. The average molecular weight is 346 g/mol. The lowest BCUT2D eigenvalue weighted by Crippen LogP contribution is -2.19. The number of anilines is 1. The van der Waals surface area contributed by atoms with Gasteiger partial charge in [0.1, 0.15) is 0 Å². The predicted molar refractivity (Wildman–Crippen MR) is 102 cm³/mol. The standard InChI is InChI=1S/C20H18N4O2/c1-15(25)22-17-10-8-16(9-11-17)14-21-23-20(26)18-6-2-3-7-19(18)24-12-4-5-13-24/h2-14H,1H3,(H,22,25)(H,23,26)/b21-14+. The Morgan fingerprint density at radius 1 is 0.962 bits per heavy atom. The lowest BCUT2D eigenvalue weighted by molar-refractivity contribution is -0.114. The van der Waals surface area contributed by atoms with E-state index in [2.05, 4.69) is 15.8 Å². The van der Waals surface area contributed by atoms with Crippen LogP contribution < -0.4 is 10.7 Å². The Kier molecular flexibility index (Phi) is 5.24. The third kappa shape index (κ3) is 4.24. The summed E-state index contributed by atoms with van der Waals surface area (Å²) in [6.45, 7) is 1.45. The van der Waals surface area contributed by atoms with Crippen molar-refractivity contribution < 1.29 is 9.59 Å². The van der Waals surface area contributed by atoms with E-state index < -0.39 is 0 Å². The number of hydrazone groups is 1. The van der Waals surface area contributed by atoms with Crippen LogP contribution in [0.5, 0.6) is 0 Å². The molecule has 1 aromatic heterocycles. The zero-order chi connectivity index (χ0) is 18.4. The summed E-state index contributed by atoms with van der Waals surface area (Å²) in [6, 6.07) is 18.3. The number of carbonyl (C=O) groups excluding carboxylic acids is 2. The molecule has 6 nitrogen and oxygen atoms in total. The molecule has 0 atom stereocenters. The molecule has 0 aliphatic heterocycles. The molecule has 0 aliphatic carbocycles. The number of aromatic nitrogens is 1. The number of hydrogen-bond donors (Lipinski definition) is 2. The van der Waals surface area contributed by atoms with Crippen molar-refractivity contribution in [1.29, 1.82) is 0 Å². The SMILES string of the molecule is CC(=O)Nc1ccc(/C=N/NC(=O)c2ccccc2-n2cccc2)cc1. The van der Waals surface area contributed by atoms with Crippen LogP contribution in [0, 0.1) is 0 Å². The van der Waals surface area contributed by atoms with Gasteiger partial charge in [0.15, 0.2) is 0 Å². The molecular weight excluding hydrogens is 328 g/mol. The van der Waals surface area contributed by atoms with Gasteiger partial charge in [-0.1, -0.05) is 24.3 Å². The Morgan fingerprint density at radius 3 is 2.35 bits per heavy atom. The Bertz CT molecular complexity index is 929. The van der Waals surface area contributed by atoms with E-state index in [1.165, 1.54) is 6.92 Å². The van der Waals surface area contributed by atoms with Crippen molar-refractivity contribution in [3.05, 3.63) is 84.2 Å². The van der Waals surface area contributed by atoms with Crippen molar-refractivity contribution >= 4 is 23.7 Å². The molecule has 0 saturated heterocycles. The summed E-state index contributed by atoms with van der Waals surface area (Å²) < 4.78 is 1.87. The fourth-order valence-corrected chi connectivity index (χ4v) is 2.47. The number of para-hydroxylation sites is 1. The molecule has 2 amide bonds. The van der Waals surface area contributed by atoms with Crippen molar-refractivity contribution in [3.63, 3.8) is 0 Å². The molecule has 3 aromatic rings. The number of rotatable bonds is 5. The second-order valence-electron chi connectivity index (χ2n) is 5.61. The van der Waals surface area contributed by atoms with Crippen molar-refractivity contribution in [2.24, 2.45) is 5.10 Å². The third-order valence-corrected chi connectivity index (χ3v) is 3.64. The van der Waals surface area contributed by atoms with Gasteiger partial charge in [0.25, 0.3) is 5.91 Å². The van der Waals surface area contributed by atoms with E-state index in [1.54, 1.807) is 36.5 Å². The lowest BCUT2D eigenvalue weighted by atomic mass is 10.1. The number of nitrogens with zero attached hydrogens (tertiary/aromatic N) is 2. The van der Waals surface area contributed by atoms with Gasteiger partial charge in [0, 0.05) is 25.0 Å². The molecule has 0 saturated carbocycles. The second kappa shape index (κ2) is 7.94. The number of nitrogens with one attached hydrogen (secondary N) is 2. The average Bonchev–Trinajstić information content (AvgIpc) is 3.17. The summed E-state index contributed by atoms with van der Waals surface area (Å²) in [5.41, 5.74) is 5.37. The van der Waals surface area contributed by atoms with Crippen molar-refractivity contribution in [1.82, 2.24) is 9.99 Å². The molecule has 0 fully saturated rings.